The van der Waals surface area contributed by atoms with Crippen molar-refractivity contribution in [2.45, 2.75) is 32.6 Å². The van der Waals surface area contributed by atoms with Gasteiger partial charge in [0.05, 0.1) is 6.61 Å². The molecule has 0 spiro atoms. The summed E-state index contributed by atoms with van der Waals surface area (Å²) >= 11 is 1.59. The molecule has 2 heterocycles. The smallest absolute Gasteiger partial charge is 0.214 e. The van der Waals surface area contributed by atoms with Crippen LogP contribution in [0.5, 0.6) is 5.75 Å². The van der Waals surface area contributed by atoms with Crippen LogP contribution in [0, 0.1) is 18.3 Å². The van der Waals surface area contributed by atoms with Gasteiger partial charge in [0.1, 0.15) is 22.5 Å². The third-order valence-corrected chi connectivity index (χ3v) is 5.01. The summed E-state index contributed by atoms with van der Waals surface area (Å²) in [6.45, 7) is 4.54. The van der Waals surface area contributed by atoms with E-state index in [0.29, 0.717) is 23.9 Å². The molecule has 0 saturated heterocycles. The SMILES string of the molecule is CCOc1ccc(C)cc1-c1nc2sc(C3CC3)nn2c1C#N. The lowest BCUT2D eigenvalue weighted by atomic mass is 10.1. The summed E-state index contributed by atoms with van der Waals surface area (Å²) in [6.07, 6.45) is 2.38. The summed E-state index contributed by atoms with van der Waals surface area (Å²) in [5, 5.41) is 15.3. The molecule has 1 aliphatic carbocycles. The standard InChI is InChI=1S/C17H16N4OS/c1-3-22-14-7-4-10(2)8-12(14)15-13(9-18)21-17(19-15)23-16(20-21)11-5-6-11/h4,7-8,11H,3,5-6H2,1-2H3. The average Bonchev–Trinajstić information content (AvgIpc) is 3.22. The van der Waals surface area contributed by atoms with Gasteiger partial charge in [-0.05, 0) is 38.8 Å². The van der Waals surface area contributed by atoms with E-state index in [-0.39, 0.29) is 0 Å². The fourth-order valence-electron chi connectivity index (χ4n) is 2.66. The fourth-order valence-corrected chi connectivity index (χ4v) is 3.72. The van der Waals surface area contributed by atoms with E-state index in [4.69, 9.17) is 4.74 Å². The lowest BCUT2D eigenvalue weighted by Gasteiger charge is -2.09. The first kappa shape index (κ1) is 14.2. The van der Waals surface area contributed by atoms with Gasteiger partial charge in [-0.15, -0.1) is 0 Å². The van der Waals surface area contributed by atoms with Crippen LogP contribution in [0.4, 0.5) is 0 Å². The van der Waals surface area contributed by atoms with Gasteiger partial charge in [0, 0.05) is 11.5 Å². The lowest BCUT2D eigenvalue weighted by Crippen LogP contribution is -1.97. The van der Waals surface area contributed by atoms with E-state index in [1.807, 2.05) is 32.0 Å². The maximum Gasteiger partial charge on any atom is 0.214 e. The third kappa shape index (κ3) is 2.37. The van der Waals surface area contributed by atoms with Crippen LogP contribution in [-0.4, -0.2) is 21.2 Å². The van der Waals surface area contributed by atoms with Gasteiger partial charge in [0.15, 0.2) is 5.69 Å². The van der Waals surface area contributed by atoms with Crippen LogP contribution in [0.1, 0.15) is 41.9 Å². The Morgan fingerprint density at radius 3 is 2.96 bits per heavy atom. The molecule has 0 N–H and O–H groups in total. The molecule has 6 heteroatoms. The van der Waals surface area contributed by atoms with Gasteiger partial charge in [-0.2, -0.15) is 14.9 Å². The van der Waals surface area contributed by atoms with Crippen molar-refractivity contribution in [1.29, 1.82) is 5.26 Å². The van der Waals surface area contributed by atoms with Crippen LogP contribution >= 0.6 is 11.3 Å². The van der Waals surface area contributed by atoms with Gasteiger partial charge in [-0.25, -0.2) is 4.98 Å². The van der Waals surface area contributed by atoms with E-state index >= 15 is 0 Å². The molecule has 1 saturated carbocycles. The lowest BCUT2D eigenvalue weighted by molar-refractivity contribution is 0.341. The quantitative estimate of drug-likeness (QED) is 0.730. The van der Waals surface area contributed by atoms with Gasteiger partial charge in [0.25, 0.3) is 0 Å². The Balaban J connectivity index is 1.90. The molecule has 4 rings (SSSR count). The minimum absolute atomic E-state index is 0.481. The molecule has 5 nitrogen and oxygen atoms in total. The Labute approximate surface area is 138 Å². The zero-order valence-corrected chi connectivity index (χ0v) is 13.9. The topological polar surface area (TPSA) is 63.2 Å². The monoisotopic (exact) mass is 324 g/mol. The maximum absolute atomic E-state index is 9.63. The largest absolute Gasteiger partial charge is 0.493 e. The molecule has 1 aliphatic rings. The number of hydrogen-bond donors (Lipinski definition) is 0. The van der Waals surface area contributed by atoms with Crippen molar-refractivity contribution in [2.75, 3.05) is 6.61 Å². The van der Waals surface area contributed by atoms with Gasteiger partial charge >= 0.3 is 0 Å². The van der Waals surface area contributed by atoms with Crippen molar-refractivity contribution in [3.05, 3.63) is 34.5 Å². The fraction of sp³-hybridized carbons (Fsp3) is 0.353. The molecule has 1 aromatic carbocycles. The third-order valence-electron chi connectivity index (χ3n) is 3.94. The first-order valence-electron chi connectivity index (χ1n) is 7.74. The summed E-state index contributed by atoms with van der Waals surface area (Å²) < 4.78 is 7.40. The summed E-state index contributed by atoms with van der Waals surface area (Å²) in [5.74, 6) is 1.32. The van der Waals surface area contributed by atoms with Crippen LogP contribution in [0.15, 0.2) is 18.2 Å². The number of rotatable bonds is 4. The van der Waals surface area contributed by atoms with Crippen LogP contribution < -0.4 is 4.74 Å². The first-order chi connectivity index (χ1) is 11.2. The maximum atomic E-state index is 9.63. The van der Waals surface area contributed by atoms with Crippen molar-refractivity contribution in [2.24, 2.45) is 0 Å². The van der Waals surface area contributed by atoms with Gasteiger partial charge in [-0.1, -0.05) is 23.0 Å². The van der Waals surface area contributed by atoms with Crippen molar-refractivity contribution in [1.82, 2.24) is 14.6 Å². The molecule has 0 bridgehead atoms. The predicted molar refractivity (Wildman–Crippen MR) is 88.9 cm³/mol. The van der Waals surface area contributed by atoms with Crippen molar-refractivity contribution in [3.63, 3.8) is 0 Å². The predicted octanol–water partition coefficient (Wildman–Crippen LogP) is 3.91. The highest BCUT2D eigenvalue weighted by molar-refractivity contribution is 7.16. The second kappa shape index (κ2) is 5.36. The molecule has 1 fully saturated rings. The first-order valence-corrected chi connectivity index (χ1v) is 8.56. The van der Waals surface area contributed by atoms with Crippen LogP contribution in [0.25, 0.3) is 16.2 Å². The summed E-state index contributed by atoms with van der Waals surface area (Å²) in [4.78, 5) is 5.47. The zero-order chi connectivity index (χ0) is 16.0. The van der Waals surface area contributed by atoms with E-state index in [9.17, 15) is 5.26 Å². The number of fused-ring (bicyclic) bond motifs is 1. The van der Waals surface area contributed by atoms with Gasteiger partial charge in [0.2, 0.25) is 4.96 Å². The van der Waals surface area contributed by atoms with E-state index in [1.165, 1.54) is 12.8 Å². The number of nitriles is 1. The van der Waals surface area contributed by atoms with E-state index in [0.717, 1.165) is 26.8 Å². The Morgan fingerprint density at radius 1 is 1.43 bits per heavy atom. The molecule has 0 unspecified atom stereocenters. The van der Waals surface area contributed by atoms with Gasteiger partial charge < -0.3 is 4.74 Å². The molecule has 23 heavy (non-hydrogen) atoms. The normalized spacial score (nSPS) is 14.1. The summed E-state index contributed by atoms with van der Waals surface area (Å²) in [6, 6.07) is 8.22. The zero-order valence-electron chi connectivity index (χ0n) is 13.0. The molecule has 0 aliphatic heterocycles. The number of imidazole rings is 1. The Kier molecular flexibility index (Phi) is 3.31. The second-order valence-electron chi connectivity index (χ2n) is 5.76. The van der Waals surface area contributed by atoms with Gasteiger partial charge in [-0.3, -0.25) is 0 Å². The highest BCUT2D eigenvalue weighted by atomic mass is 32.1. The molecule has 3 aromatic rings. The average molecular weight is 324 g/mol. The minimum atomic E-state index is 0.481. The number of ether oxygens (including phenoxy) is 1. The van der Waals surface area contributed by atoms with Crippen LogP contribution in [-0.2, 0) is 0 Å². The molecule has 116 valence electrons. The molecule has 0 radical (unpaired) electrons. The minimum Gasteiger partial charge on any atom is -0.493 e. The molecule has 2 aromatic heterocycles. The number of hydrogen-bond acceptors (Lipinski definition) is 5. The highest BCUT2D eigenvalue weighted by Crippen LogP contribution is 2.43. The number of aromatic nitrogens is 3. The van der Waals surface area contributed by atoms with Crippen LogP contribution in [0.2, 0.25) is 0 Å². The highest BCUT2D eigenvalue weighted by Gasteiger charge is 2.29. The van der Waals surface area contributed by atoms with E-state index < -0.39 is 0 Å². The Bertz CT molecular complexity index is 930. The number of benzene rings is 1. The Hall–Kier alpha value is -2.39. The van der Waals surface area contributed by atoms with Crippen molar-refractivity contribution in [3.8, 4) is 23.1 Å². The molecule has 0 amide bonds. The molecular weight excluding hydrogens is 308 g/mol. The van der Waals surface area contributed by atoms with E-state index in [1.54, 1.807) is 15.9 Å². The summed E-state index contributed by atoms with van der Waals surface area (Å²) in [5.41, 5.74) is 3.10. The van der Waals surface area contributed by atoms with E-state index in [2.05, 4.69) is 16.2 Å². The second-order valence-corrected chi connectivity index (χ2v) is 6.75. The van der Waals surface area contributed by atoms with Crippen molar-refractivity contribution < 1.29 is 4.74 Å². The van der Waals surface area contributed by atoms with Crippen molar-refractivity contribution >= 4 is 16.3 Å². The Morgan fingerprint density at radius 2 is 2.26 bits per heavy atom. The summed E-state index contributed by atoms with van der Waals surface area (Å²) in [7, 11) is 0. The number of aryl methyl sites for hydroxylation is 1. The number of nitrogens with zero attached hydrogens (tertiary/aromatic N) is 4. The van der Waals surface area contributed by atoms with Crippen LogP contribution in [0.3, 0.4) is 0 Å². The molecule has 0 atom stereocenters. The molecular formula is C17H16N4OS.